The summed E-state index contributed by atoms with van der Waals surface area (Å²) in [4.78, 5) is 9.85. The Morgan fingerprint density at radius 2 is 2.30 bits per heavy atom. The fourth-order valence-corrected chi connectivity index (χ4v) is 0.819. The summed E-state index contributed by atoms with van der Waals surface area (Å²) in [6, 6.07) is 0. The summed E-state index contributed by atoms with van der Waals surface area (Å²) < 4.78 is 5.05. The van der Waals surface area contributed by atoms with Crippen LogP contribution in [-0.4, -0.2) is 25.4 Å². The van der Waals surface area contributed by atoms with Gasteiger partial charge in [0.1, 0.15) is 12.2 Å². The van der Waals surface area contributed by atoms with E-state index < -0.39 is 0 Å². The molecule has 0 aliphatic carbocycles. The number of epoxide rings is 1. The van der Waals surface area contributed by atoms with E-state index >= 15 is 0 Å². The van der Waals surface area contributed by atoms with Crippen molar-refractivity contribution < 1.29 is 14.5 Å². The van der Waals surface area contributed by atoms with Gasteiger partial charge in [-0.2, -0.15) is 0 Å². The molecule has 0 aromatic heterocycles. The van der Waals surface area contributed by atoms with Gasteiger partial charge in [0.2, 0.25) is 0 Å². The van der Waals surface area contributed by atoms with Crippen molar-refractivity contribution in [3.63, 3.8) is 0 Å². The van der Waals surface area contributed by atoms with Gasteiger partial charge in [0.25, 0.3) is 0 Å². The third-order valence-electron chi connectivity index (χ3n) is 1.49. The molecule has 2 atom stereocenters. The molecule has 1 heterocycles. The highest BCUT2D eigenvalue weighted by Crippen LogP contribution is 2.19. The summed E-state index contributed by atoms with van der Waals surface area (Å²) in [6.45, 7) is 5.39. The van der Waals surface area contributed by atoms with Crippen LogP contribution in [-0.2, 0) is 14.5 Å². The highest BCUT2D eigenvalue weighted by molar-refractivity contribution is 4.77. The Hall–Kier alpha value is -0.120. The number of hydrogen-bond donors (Lipinski definition) is 0. The van der Waals surface area contributed by atoms with E-state index in [9.17, 15) is 0 Å². The van der Waals surface area contributed by atoms with Crippen LogP contribution in [0.15, 0.2) is 0 Å². The molecule has 10 heavy (non-hydrogen) atoms. The van der Waals surface area contributed by atoms with Crippen molar-refractivity contribution in [3.05, 3.63) is 0 Å². The van der Waals surface area contributed by atoms with Crippen molar-refractivity contribution in [2.24, 2.45) is 0 Å². The normalized spacial score (nSPS) is 26.4. The predicted octanol–water partition coefficient (Wildman–Crippen LogP) is 1.13. The Kier molecular flexibility index (Phi) is 3.12. The molecule has 2 unspecified atom stereocenters. The van der Waals surface area contributed by atoms with Crippen molar-refractivity contribution in [3.8, 4) is 0 Å². The minimum atomic E-state index is 0.139. The number of rotatable bonds is 5. The van der Waals surface area contributed by atoms with Gasteiger partial charge in [0.05, 0.1) is 13.2 Å². The summed E-state index contributed by atoms with van der Waals surface area (Å²) in [7, 11) is 0. The molecule has 1 aliphatic rings. The summed E-state index contributed by atoms with van der Waals surface area (Å²) in [5.74, 6) is 0. The molecule has 3 nitrogen and oxygen atoms in total. The van der Waals surface area contributed by atoms with Gasteiger partial charge in [-0.15, -0.1) is 0 Å². The first-order valence-corrected chi connectivity index (χ1v) is 3.78. The van der Waals surface area contributed by atoms with Gasteiger partial charge in [0.15, 0.2) is 0 Å². The van der Waals surface area contributed by atoms with Crippen LogP contribution in [0, 0.1) is 0 Å². The Balaban J connectivity index is 2.07. The van der Waals surface area contributed by atoms with Gasteiger partial charge in [-0.05, 0) is 13.3 Å². The first-order chi connectivity index (χ1) is 4.88. The van der Waals surface area contributed by atoms with Crippen LogP contribution in [0.25, 0.3) is 0 Å². The quantitative estimate of drug-likeness (QED) is 0.331. The van der Waals surface area contributed by atoms with Gasteiger partial charge in [-0.1, -0.05) is 6.92 Å². The standard InChI is InChI=1S/C7H14O3/c1-3-6(7-5-8-7)10-9-4-2/h6-7H,3-5H2,1-2H3. The maximum atomic E-state index is 5.05. The highest BCUT2D eigenvalue weighted by atomic mass is 17.2. The molecule has 1 saturated heterocycles. The number of ether oxygens (including phenoxy) is 1. The fourth-order valence-electron chi connectivity index (χ4n) is 0.819. The second-order valence-corrected chi connectivity index (χ2v) is 2.32. The second-order valence-electron chi connectivity index (χ2n) is 2.32. The van der Waals surface area contributed by atoms with Crippen molar-refractivity contribution in [1.82, 2.24) is 0 Å². The molecule has 1 fully saturated rings. The second kappa shape index (κ2) is 3.91. The molecule has 0 amide bonds. The Bertz CT molecular complexity index is 90.9. The molecular weight excluding hydrogens is 132 g/mol. The van der Waals surface area contributed by atoms with E-state index in [2.05, 4.69) is 6.92 Å². The van der Waals surface area contributed by atoms with Crippen LogP contribution in [0.3, 0.4) is 0 Å². The molecule has 0 saturated carbocycles. The third kappa shape index (κ3) is 2.25. The van der Waals surface area contributed by atoms with E-state index in [1.165, 1.54) is 0 Å². The average molecular weight is 146 g/mol. The monoisotopic (exact) mass is 146 g/mol. The van der Waals surface area contributed by atoms with Gasteiger partial charge in [0, 0.05) is 0 Å². The fraction of sp³-hybridized carbons (Fsp3) is 1.00. The molecule has 1 aliphatic heterocycles. The lowest BCUT2D eigenvalue weighted by atomic mass is 10.2. The maximum Gasteiger partial charge on any atom is 0.121 e. The minimum absolute atomic E-state index is 0.139. The van der Waals surface area contributed by atoms with E-state index in [-0.39, 0.29) is 12.2 Å². The van der Waals surface area contributed by atoms with Crippen LogP contribution in [0.5, 0.6) is 0 Å². The van der Waals surface area contributed by atoms with Crippen LogP contribution < -0.4 is 0 Å². The Labute approximate surface area is 61.2 Å². The smallest absolute Gasteiger partial charge is 0.121 e. The molecule has 0 N–H and O–H groups in total. The lowest BCUT2D eigenvalue weighted by Gasteiger charge is -2.10. The van der Waals surface area contributed by atoms with Crippen molar-refractivity contribution in [2.75, 3.05) is 13.2 Å². The van der Waals surface area contributed by atoms with Crippen LogP contribution in [0.4, 0.5) is 0 Å². The molecule has 60 valence electrons. The van der Waals surface area contributed by atoms with Crippen molar-refractivity contribution in [1.29, 1.82) is 0 Å². The summed E-state index contributed by atoms with van der Waals surface area (Å²) in [5.41, 5.74) is 0. The van der Waals surface area contributed by atoms with Crippen molar-refractivity contribution >= 4 is 0 Å². The molecule has 3 heteroatoms. The molecular formula is C7H14O3. The SMILES string of the molecule is CCOOC(CC)C1CO1. The largest absolute Gasteiger partial charge is 0.370 e. The predicted molar refractivity (Wildman–Crippen MR) is 36.5 cm³/mol. The van der Waals surface area contributed by atoms with Crippen LogP contribution >= 0.6 is 0 Å². The van der Waals surface area contributed by atoms with E-state index in [0.29, 0.717) is 6.61 Å². The molecule has 0 spiro atoms. The first-order valence-electron chi connectivity index (χ1n) is 3.78. The zero-order valence-electron chi connectivity index (χ0n) is 6.50. The van der Waals surface area contributed by atoms with Gasteiger partial charge >= 0.3 is 0 Å². The van der Waals surface area contributed by atoms with Gasteiger partial charge in [-0.3, -0.25) is 0 Å². The van der Waals surface area contributed by atoms with Crippen LogP contribution in [0.2, 0.25) is 0 Å². The van der Waals surface area contributed by atoms with Gasteiger partial charge in [-0.25, -0.2) is 9.78 Å². The molecule has 0 bridgehead atoms. The summed E-state index contributed by atoms with van der Waals surface area (Å²) >= 11 is 0. The molecule has 0 aromatic rings. The third-order valence-corrected chi connectivity index (χ3v) is 1.49. The van der Waals surface area contributed by atoms with E-state index in [0.717, 1.165) is 13.0 Å². The summed E-state index contributed by atoms with van der Waals surface area (Å²) in [6.07, 6.45) is 1.38. The Morgan fingerprint density at radius 1 is 1.60 bits per heavy atom. The van der Waals surface area contributed by atoms with E-state index in [1.54, 1.807) is 0 Å². The lowest BCUT2D eigenvalue weighted by Crippen LogP contribution is -2.18. The van der Waals surface area contributed by atoms with E-state index in [4.69, 9.17) is 14.5 Å². The average Bonchev–Trinajstić information content (AvgIpc) is 2.73. The topological polar surface area (TPSA) is 31.0 Å². The van der Waals surface area contributed by atoms with E-state index in [1.807, 2.05) is 6.92 Å². The zero-order chi connectivity index (χ0) is 7.40. The van der Waals surface area contributed by atoms with Crippen molar-refractivity contribution in [2.45, 2.75) is 32.5 Å². The molecule has 0 radical (unpaired) electrons. The minimum Gasteiger partial charge on any atom is -0.370 e. The zero-order valence-corrected chi connectivity index (χ0v) is 6.50. The highest BCUT2D eigenvalue weighted by Gasteiger charge is 2.33. The van der Waals surface area contributed by atoms with Crippen LogP contribution in [0.1, 0.15) is 20.3 Å². The maximum absolute atomic E-state index is 5.05. The molecule has 1 rings (SSSR count). The summed E-state index contributed by atoms with van der Waals surface area (Å²) in [5, 5.41) is 0. The Morgan fingerprint density at radius 3 is 2.70 bits per heavy atom. The number of hydrogen-bond acceptors (Lipinski definition) is 3. The first kappa shape index (κ1) is 7.98. The van der Waals surface area contributed by atoms with Gasteiger partial charge < -0.3 is 4.74 Å². The molecule has 0 aromatic carbocycles. The lowest BCUT2D eigenvalue weighted by molar-refractivity contribution is -0.324.